The summed E-state index contributed by atoms with van der Waals surface area (Å²) < 4.78 is 7.70. The molecule has 0 spiro atoms. The van der Waals surface area contributed by atoms with E-state index in [9.17, 15) is 0 Å². The van der Waals surface area contributed by atoms with Gasteiger partial charge in [-0.1, -0.05) is 27.2 Å². The number of hydrogen-bond acceptors (Lipinski definition) is 3. The van der Waals surface area contributed by atoms with Gasteiger partial charge in [-0.2, -0.15) is 5.10 Å². The zero-order valence-corrected chi connectivity index (χ0v) is 13.4. The highest BCUT2D eigenvalue weighted by Crippen LogP contribution is 2.41. The Bertz CT molecular complexity index is 416. The van der Waals surface area contributed by atoms with Crippen molar-refractivity contribution in [3.63, 3.8) is 0 Å². The molecular formula is C16H29N3O. The summed E-state index contributed by atoms with van der Waals surface area (Å²) in [6.45, 7) is 8.68. The highest BCUT2D eigenvalue weighted by atomic mass is 16.5. The van der Waals surface area contributed by atoms with E-state index >= 15 is 0 Å². The largest absolute Gasteiger partial charge is 0.493 e. The van der Waals surface area contributed by atoms with Gasteiger partial charge in [0.05, 0.1) is 25.0 Å². The molecule has 4 heteroatoms. The third-order valence-corrected chi connectivity index (χ3v) is 4.43. The number of aryl methyl sites for hydroxylation is 1. The standard InChI is InChI=1S/C16H29N3O/c1-5-9-19-16(14(20-4)11-18-19)15(17-6-2)13-8-7-12(3)10-13/h11-13,15,17H,5-10H2,1-4H3. The van der Waals surface area contributed by atoms with Crippen molar-refractivity contribution in [2.45, 2.75) is 59.0 Å². The van der Waals surface area contributed by atoms with Crippen molar-refractivity contribution >= 4 is 0 Å². The number of methoxy groups -OCH3 is 1. The Balaban J connectivity index is 2.29. The smallest absolute Gasteiger partial charge is 0.161 e. The summed E-state index contributed by atoms with van der Waals surface area (Å²) in [6.07, 6.45) is 6.92. The first kappa shape index (κ1) is 15.4. The monoisotopic (exact) mass is 279 g/mol. The lowest BCUT2D eigenvalue weighted by Gasteiger charge is -2.26. The van der Waals surface area contributed by atoms with E-state index in [1.165, 1.54) is 25.0 Å². The molecule has 2 rings (SSSR count). The fourth-order valence-electron chi connectivity index (χ4n) is 3.50. The normalized spacial score (nSPS) is 24.0. The zero-order valence-electron chi connectivity index (χ0n) is 13.4. The van der Waals surface area contributed by atoms with E-state index in [1.807, 2.05) is 6.20 Å². The molecule has 0 aliphatic heterocycles. The van der Waals surface area contributed by atoms with Crippen LogP contribution in [0.4, 0.5) is 0 Å². The van der Waals surface area contributed by atoms with E-state index in [-0.39, 0.29) is 0 Å². The van der Waals surface area contributed by atoms with Crippen molar-refractivity contribution in [3.8, 4) is 5.75 Å². The molecule has 1 aromatic rings. The molecule has 4 nitrogen and oxygen atoms in total. The Morgan fingerprint density at radius 3 is 2.80 bits per heavy atom. The van der Waals surface area contributed by atoms with Crippen molar-refractivity contribution in [2.75, 3.05) is 13.7 Å². The number of nitrogens with one attached hydrogen (secondary N) is 1. The first-order valence-corrected chi connectivity index (χ1v) is 8.04. The van der Waals surface area contributed by atoms with Gasteiger partial charge in [-0.3, -0.25) is 4.68 Å². The molecule has 0 radical (unpaired) electrons. The predicted molar refractivity (Wildman–Crippen MR) is 82.0 cm³/mol. The van der Waals surface area contributed by atoms with E-state index in [4.69, 9.17) is 4.74 Å². The average molecular weight is 279 g/mol. The number of ether oxygens (including phenoxy) is 1. The Kier molecular flexibility index (Phi) is 5.46. The molecular weight excluding hydrogens is 250 g/mol. The SMILES string of the molecule is CCCn1ncc(OC)c1C(NCC)C1CCC(C)C1. The van der Waals surface area contributed by atoms with Gasteiger partial charge in [0.25, 0.3) is 0 Å². The van der Waals surface area contributed by atoms with Gasteiger partial charge in [0, 0.05) is 6.54 Å². The summed E-state index contributed by atoms with van der Waals surface area (Å²) >= 11 is 0. The maximum atomic E-state index is 5.56. The van der Waals surface area contributed by atoms with Crippen LogP contribution in [0.5, 0.6) is 5.75 Å². The molecule has 1 fully saturated rings. The Labute approximate surface area is 122 Å². The van der Waals surface area contributed by atoms with Gasteiger partial charge in [-0.15, -0.1) is 0 Å². The van der Waals surface area contributed by atoms with Gasteiger partial charge < -0.3 is 10.1 Å². The van der Waals surface area contributed by atoms with Crippen molar-refractivity contribution in [2.24, 2.45) is 11.8 Å². The van der Waals surface area contributed by atoms with Gasteiger partial charge in [-0.05, 0) is 37.6 Å². The fourth-order valence-corrected chi connectivity index (χ4v) is 3.50. The van der Waals surface area contributed by atoms with E-state index in [0.717, 1.165) is 31.2 Å². The third kappa shape index (κ3) is 3.17. The predicted octanol–water partition coefficient (Wildman–Crippen LogP) is 3.39. The average Bonchev–Trinajstić information content (AvgIpc) is 3.03. The zero-order chi connectivity index (χ0) is 14.5. The minimum Gasteiger partial charge on any atom is -0.493 e. The van der Waals surface area contributed by atoms with Crippen molar-refractivity contribution in [1.29, 1.82) is 0 Å². The molecule has 114 valence electrons. The Morgan fingerprint density at radius 2 is 2.25 bits per heavy atom. The summed E-state index contributed by atoms with van der Waals surface area (Å²) in [5.74, 6) is 2.48. The summed E-state index contributed by atoms with van der Waals surface area (Å²) in [4.78, 5) is 0. The molecule has 0 amide bonds. The van der Waals surface area contributed by atoms with Crippen molar-refractivity contribution in [3.05, 3.63) is 11.9 Å². The number of aromatic nitrogens is 2. The molecule has 1 aromatic heterocycles. The van der Waals surface area contributed by atoms with Crippen LogP contribution in [0.25, 0.3) is 0 Å². The van der Waals surface area contributed by atoms with Crippen molar-refractivity contribution in [1.82, 2.24) is 15.1 Å². The van der Waals surface area contributed by atoms with Crippen LogP contribution in [-0.2, 0) is 6.54 Å². The minimum absolute atomic E-state index is 0.369. The molecule has 1 N–H and O–H groups in total. The molecule has 1 heterocycles. The van der Waals surface area contributed by atoms with Gasteiger partial charge in [0.15, 0.2) is 5.75 Å². The van der Waals surface area contributed by atoms with Crippen LogP contribution in [0.2, 0.25) is 0 Å². The Hall–Kier alpha value is -1.03. The number of nitrogens with zero attached hydrogens (tertiary/aromatic N) is 2. The Morgan fingerprint density at radius 1 is 1.45 bits per heavy atom. The lowest BCUT2D eigenvalue weighted by atomic mass is 9.93. The quantitative estimate of drug-likeness (QED) is 0.831. The maximum absolute atomic E-state index is 5.56. The van der Waals surface area contributed by atoms with Crippen LogP contribution in [0, 0.1) is 11.8 Å². The summed E-state index contributed by atoms with van der Waals surface area (Å²) in [7, 11) is 1.75. The number of rotatable bonds is 7. The lowest BCUT2D eigenvalue weighted by molar-refractivity contribution is 0.324. The van der Waals surface area contributed by atoms with E-state index in [0.29, 0.717) is 12.0 Å². The first-order valence-electron chi connectivity index (χ1n) is 8.04. The second-order valence-electron chi connectivity index (χ2n) is 6.03. The molecule has 1 aliphatic rings. The van der Waals surface area contributed by atoms with Crippen LogP contribution in [0.3, 0.4) is 0 Å². The molecule has 3 unspecified atom stereocenters. The molecule has 0 aromatic carbocycles. The van der Waals surface area contributed by atoms with E-state index in [1.54, 1.807) is 7.11 Å². The summed E-state index contributed by atoms with van der Waals surface area (Å²) in [5.41, 5.74) is 1.25. The highest BCUT2D eigenvalue weighted by Gasteiger charge is 2.33. The molecule has 1 saturated carbocycles. The molecule has 0 bridgehead atoms. The maximum Gasteiger partial charge on any atom is 0.161 e. The topological polar surface area (TPSA) is 39.1 Å². The van der Waals surface area contributed by atoms with Crippen LogP contribution >= 0.6 is 0 Å². The number of hydrogen-bond donors (Lipinski definition) is 1. The molecule has 20 heavy (non-hydrogen) atoms. The molecule has 0 saturated heterocycles. The first-order chi connectivity index (χ1) is 9.71. The molecule has 3 atom stereocenters. The van der Waals surface area contributed by atoms with E-state index < -0.39 is 0 Å². The van der Waals surface area contributed by atoms with Crippen LogP contribution in [0.15, 0.2) is 6.20 Å². The fraction of sp³-hybridized carbons (Fsp3) is 0.812. The second kappa shape index (κ2) is 7.11. The van der Waals surface area contributed by atoms with Gasteiger partial charge >= 0.3 is 0 Å². The second-order valence-corrected chi connectivity index (χ2v) is 6.03. The summed E-state index contributed by atoms with van der Waals surface area (Å²) in [5, 5.41) is 8.20. The highest BCUT2D eigenvalue weighted by molar-refractivity contribution is 5.29. The van der Waals surface area contributed by atoms with Crippen LogP contribution in [0.1, 0.15) is 58.2 Å². The molecule has 1 aliphatic carbocycles. The third-order valence-electron chi connectivity index (χ3n) is 4.43. The van der Waals surface area contributed by atoms with Crippen LogP contribution in [-0.4, -0.2) is 23.4 Å². The van der Waals surface area contributed by atoms with Gasteiger partial charge in [0.1, 0.15) is 0 Å². The van der Waals surface area contributed by atoms with Crippen LogP contribution < -0.4 is 10.1 Å². The van der Waals surface area contributed by atoms with Gasteiger partial charge in [-0.25, -0.2) is 0 Å². The van der Waals surface area contributed by atoms with Gasteiger partial charge in [0.2, 0.25) is 0 Å². The minimum atomic E-state index is 0.369. The van der Waals surface area contributed by atoms with Crippen molar-refractivity contribution < 1.29 is 4.74 Å². The van der Waals surface area contributed by atoms with E-state index in [2.05, 4.69) is 35.9 Å². The lowest BCUT2D eigenvalue weighted by Crippen LogP contribution is -2.30. The summed E-state index contributed by atoms with van der Waals surface area (Å²) in [6, 6.07) is 0.369.